The summed E-state index contributed by atoms with van der Waals surface area (Å²) in [5.74, 6) is -1.25. The number of carbonyl (C=O) groups is 1. The summed E-state index contributed by atoms with van der Waals surface area (Å²) in [6, 6.07) is 14.8. The van der Waals surface area contributed by atoms with Gasteiger partial charge in [0.05, 0.1) is 0 Å². The lowest BCUT2D eigenvalue weighted by molar-refractivity contribution is -0.131. The second kappa shape index (κ2) is 7.62. The van der Waals surface area contributed by atoms with Gasteiger partial charge in [0.25, 0.3) is 0 Å². The smallest absolute Gasteiger partial charge is 0.328 e. The predicted octanol–water partition coefficient (Wildman–Crippen LogP) is 6.07. The molecule has 0 unspecified atom stereocenters. The fourth-order valence-corrected chi connectivity index (χ4v) is 3.38. The number of carboxylic acid groups (broad SMARTS) is 1. The minimum absolute atomic E-state index is 0.201. The fraction of sp³-hybridized carbons (Fsp3) is 0.174. The monoisotopic (exact) mass is 363 g/mol. The summed E-state index contributed by atoms with van der Waals surface area (Å²) < 4.78 is 15.7. The quantitative estimate of drug-likeness (QED) is 0.441. The van der Waals surface area contributed by atoms with Gasteiger partial charge in [-0.2, -0.15) is 0 Å². The highest BCUT2D eigenvalue weighted by Crippen LogP contribution is 2.38. The number of rotatable bonds is 5. The molecule has 0 amide bonds. The molecule has 0 saturated carbocycles. The molecule has 2 aromatic carbocycles. The molecule has 27 heavy (non-hydrogen) atoms. The van der Waals surface area contributed by atoms with Crippen molar-refractivity contribution in [1.82, 2.24) is 4.57 Å². The number of halogens is 1. The van der Waals surface area contributed by atoms with E-state index in [1.54, 1.807) is 25.1 Å². The number of aromatic nitrogens is 1. The third-order valence-corrected chi connectivity index (χ3v) is 4.45. The number of hydrogen-bond acceptors (Lipinski definition) is 1. The molecule has 0 saturated heterocycles. The van der Waals surface area contributed by atoms with Crippen molar-refractivity contribution in [3.63, 3.8) is 0 Å². The second-order valence-corrected chi connectivity index (χ2v) is 6.81. The largest absolute Gasteiger partial charge is 0.478 e. The third kappa shape index (κ3) is 3.85. The number of nitrogens with zero attached hydrogens (tertiary/aromatic N) is 1. The van der Waals surface area contributed by atoms with Crippen LogP contribution in [0.15, 0.2) is 66.3 Å². The molecule has 1 aromatic heterocycles. The molecule has 4 heteroatoms. The van der Waals surface area contributed by atoms with Crippen LogP contribution in [0.2, 0.25) is 0 Å². The van der Waals surface area contributed by atoms with Gasteiger partial charge in [-0.15, -0.1) is 0 Å². The first kappa shape index (κ1) is 18.6. The average molecular weight is 363 g/mol. The van der Waals surface area contributed by atoms with Crippen LogP contribution < -0.4 is 0 Å². The highest BCUT2D eigenvalue weighted by Gasteiger charge is 2.18. The Balaban J connectivity index is 2.30. The van der Waals surface area contributed by atoms with Gasteiger partial charge in [-0.1, -0.05) is 36.4 Å². The molecule has 3 aromatic rings. The Labute approximate surface area is 158 Å². The van der Waals surface area contributed by atoms with Crippen molar-refractivity contribution in [3.05, 3.63) is 77.8 Å². The maximum atomic E-state index is 13.4. The zero-order chi connectivity index (χ0) is 19.6. The maximum absolute atomic E-state index is 13.4. The summed E-state index contributed by atoms with van der Waals surface area (Å²) in [5, 5.41) is 10.0. The molecule has 0 aliphatic heterocycles. The van der Waals surface area contributed by atoms with E-state index in [0.717, 1.165) is 27.7 Å². The summed E-state index contributed by atoms with van der Waals surface area (Å²) in [4.78, 5) is 10.9. The van der Waals surface area contributed by atoms with Crippen LogP contribution in [0.25, 0.3) is 28.1 Å². The maximum Gasteiger partial charge on any atom is 0.328 e. The second-order valence-electron chi connectivity index (χ2n) is 6.81. The van der Waals surface area contributed by atoms with E-state index in [1.807, 2.05) is 18.2 Å². The van der Waals surface area contributed by atoms with Gasteiger partial charge in [0.15, 0.2) is 0 Å². The third-order valence-electron chi connectivity index (χ3n) is 4.45. The molecule has 0 aliphatic rings. The highest BCUT2D eigenvalue weighted by atomic mass is 19.1. The van der Waals surface area contributed by atoms with E-state index in [9.17, 15) is 9.18 Å². The molecule has 3 nitrogen and oxygen atoms in total. The Kier molecular flexibility index (Phi) is 5.26. The Morgan fingerprint density at radius 3 is 2.41 bits per heavy atom. The number of hydrogen-bond donors (Lipinski definition) is 1. The van der Waals surface area contributed by atoms with Crippen molar-refractivity contribution in [1.29, 1.82) is 0 Å². The fourth-order valence-electron chi connectivity index (χ4n) is 3.38. The highest BCUT2D eigenvalue weighted by molar-refractivity contribution is 6.01. The lowest BCUT2D eigenvalue weighted by atomic mass is 10.0. The molecule has 0 fully saturated rings. The Morgan fingerprint density at radius 2 is 1.78 bits per heavy atom. The molecule has 1 N–H and O–H groups in total. The number of carboxylic acids is 1. The van der Waals surface area contributed by atoms with Gasteiger partial charge in [-0.3, -0.25) is 0 Å². The summed E-state index contributed by atoms with van der Waals surface area (Å²) >= 11 is 0. The van der Waals surface area contributed by atoms with Crippen molar-refractivity contribution in [2.24, 2.45) is 0 Å². The van der Waals surface area contributed by atoms with Crippen LogP contribution >= 0.6 is 0 Å². The minimum atomic E-state index is -0.972. The van der Waals surface area contributed by atoms with Crippen LogP contribution in [-0.4, -0.2) is 15.6 Å². The molecule has 0 radical (unpaired) electrons. The summed E-state index contributed by atoms with van der Waals surface area (Å²) in [7, 11) is 0. The Bertz CT molecular complexity index is 1040. The lowest BCUT2D eigenvalue weighted by Crippen LogP contribution is -2.03. The van der Waals surface area contributed by atoms with E-state index in [4.69, 9.17) is 5.11 Å². The molecule has 1 heterocycles. The summed E-state index contributed by atoms with van der Waals surface area (Å²) in [6.45, 7) is 5.97. The normalized spacial score (nSPS) is 12.4. The zero-order valence-corrected chi connectivity index (χ0v) is 15.6. The van der Waals surface area contributed by atoms with Crippen LogP contribution in [0.4, 0.5) is 4.39 Å². The average Bonchev–Trinajstić information content (AvgIpc) is 2.94. The van der Waals surface area contributed by atoms with Crippen molar-refractivity contribution in [2.45, 2.75) is 26.8 Å². The van der Waals surface area contributed by atoms with E-state index < -0.39 is 5.97 Å². The van der Waals surface area contributed by atoms with E-state index in [1.165, 1.54) is 18.2 Å². The van der Waals surface area contributed by atoms with Crippen LogP contribution in [0.3, 0.4) is 0 Å². The Morgan fingerprint density at radius 1 is 1.11 bits per heavy atom. The molecular weight excluding hydrogens is 341 g/mol. The zero-order valence-electron chi connectivity index (χ0n) is 15.6. The van der Waals surface area contributed by atoms with Crippen LogP contribution in [0, 0.1) is 5.82 Å². The first-order chi connectivity index (χ1) is 12.9. The topological polar surface area (TPSA) is 42.2 Å². The van der Waals surface area contributed by atoms with Gasteiger partial charge in [-0.25, -0.2) is 9.18 Å². The van der Waals surface area contributed by atoms with Crippen LogP contribution in [-0.2, 0) is 4.79 Å². The predicted molar refractivity (Wildman–Crippen MR) is 108 cm³/mol. The van der Waals surface area contributed by atoms with Gasteiger partial charge >= 0.3 is 5.97 Å². The Hall–Kier alpha value is -3.14. The molecule has 0 aliphatic carbocycles. The van der Waals surface area contributed by atoms with E-state index in [2.05, 4.69) is 30.5 Å². The molecule has 0 bridgehead atoms. The molecule has 3 rings (SSSR count). The standard InChI is InChI=1S/C23H22FNO2/c1-15(2)25-20-7-5-4-6-19(20)23(17-9-11-18(24)12-10-17)21(25)13-8-16(3)14-22(26)27/h4-15H,1-3H3,(H,26,27)/b13-8+,16-14+. The molecule has 138 valence electrons. The van der Waals surface area contributed by atoms with Crippen molar-refractivity contribution in [3.8, 4) is 11.1 Å². The van der Waals surface area contributed by atoms with Gasteiger partial charge in [0.1, 0.15) is 5.82 Å². The van der Waals surface area contributed by atoms with Gasteiger partial charge in [0.2, 0.25) is 0 Å². The van der Waals surface area contributed by atoms with Crippen molar-refractivity contribution < 1.29 is 14.3 Å². The van der Waals surface area contributed by atoms with Crippen molar-refractivity contribution in [2.75, 3.05) is 0 Å². The first-order valence-corrected chi connectivity index (χ1v) is 8.86. The van der Waals surface area contributed by atoms with E-state index in [0.29, 0.717) is 5.57 Å². The summed E-state index contributed by atoms with van der Waals surface area (Å²) in [6.07, 6.45) is 4.91. The SMILES string of the molecule is CC(/C=C/c1c(-c2ccc(F)cc2)c2ccccc2n1C(C)C)=C\C(=O)O. The first-order valence-electron chi connectivity index (χ1n) is 8.86. The van der Waals surface area contributed by atoms with E-state index >= 15 is 0 Å². The lowest BCUT2D eigenvalue weighted by Gasteiger charge is -2.13. The van der Waals surface area contributed by atoms with Gasteiger partial charge < -0.3 is 9.67 Å². The van der Waals surface area contributed by atoms with Gasteiger partial charge in [-0.05, 0) is 56.2 Å². The van der Waals surface area contributed by atoms with E-state index in [-0.39, 0.29) is 11.9 Å². The number of fused-ring (bicyclic) bond motifs is 1. The number of benzene rings is 2. The van der Waals surface area contributed by atoms with Crippen LogP contribution in [0.5, 0.6) is 0 Å². The van der Waals surface area contributed by atoms with Gasteiger partial charge in [0, 0.05) is 34.3 Å². The molecule has 0 spiro atoms. The molecular formula is C23H22FNO2. The number of aliphatic carboxylic acids is 1. The minimum Gasteiger partial charge on any atom is -0.478 e. The molecule has 0 atom stereocenters. The van der Waals surface area contributed by atoms with Crippen LogP contribution in [0.1, 0.15) is 32.5 Å². The summed E-state index contributed by atoms with van der Waals surface area (Å²) in [5.41, 5.74) is 4.64. The number of para-hydroxylation sites is 1. The van der Waals surface area contributed by atoms with Crippen molar-refractivity contribution >= 4 is 22.9 Å². The number of allylic oxidation sites excluding steroid dienone is 2.